The number of anilines is 2. The van der Waals surface area contributed by atoms with Gasteiger partial charge in [0.15, 0.2) is 5.13 Å². The van der Waals surface area contributed by atoms with Gasteiger partial charge in [-0.25, -0.2) is 14.2 Å². The van der Waals surface area contributed by atoms with Crippen molar-refractivity contribution in [1.29, 1.82) is 0 Å². The van der Waals surface area contributed by atoms with Gasteiger partial charge < -0.3 is 15.3 Å². The Labute approximate surface area is 184 Å². The third kappa shape index (κ3) is 5.21. The molecule has 1 atom stereocenters. The van der Waals surface area contributed by atoms with Crippen molar-refractivity contribution in [3.8, 4) is 10.4 Å². The van der Waals surface area contributed by atoms with Crippen LogP contribution in [0.3, 0.4) is 0 Å². The fourth-order valence-corrected chi connectivity index (χ4v) is 4.56. The highest BCUT2D eigenvalue weighted by atomic mass is 32.1. The number of amides is 2. The molecule has 1 aromatic heterocycles. The van der Waals surface area contributed by atoms with E-state index in [1.165, 1.54) is 23.5 Å². The topological polar surface area (TPSA) is 77.5 Å². The van der Waals surface area contributed by atoms with Crippen LogP contribution in [0.5, 0.6) is 0 Å². The van der Waals surface area contributed by atoms with E-state index in [2.05, 4.69) is 20.5 Å². The molecule has 2 aromatic carbocycles. The van der Waals surface area contributed by atoms with Crippen molar-refractivity contribution in [2.24, 2.45) is 0 Å². The molecule has 0 bridgehead atoms. The maximum atomic E-state index is 14.0. The number of aromatic nitrogens is 1. The molecule has 4 rings (SSSR count). The smallest absolute Gasteiger partial charge is 0.321 e. The van der Waals surface area contributed by atoms with Crippen LogP contribution >= 0.6 is 11.3 Å². The highest BCUT2D eigenvalue weighted by molar-refractivity contribution is 7.19. The van der Waals surface area contributed by atoms with Crippen molar-refractivity contribution >= 4 is 28.2 Å². The normalized spacial score (nSPS) is 15.5. The maximum absolute atomic E-state index is 14.0. The third-order valence-electron chi connectivity index (χ3n) is 5.39. The van der Waals surface area contributed by atoms with Gasteiger partial charge in [-0.3, -0.25) is 5.32 Å². The van der Waals surface area contributed by atoms with E-state index >= 15 is 0 Å². The molecule has 3 N–H and O–H groups in total. The van der Waals surface area contributed by atoms with E-state index in [0.29, 0.717) is 36.6 Å². The first kappa shape index (κ1) is 21.3. The van der Waals surface area contributed by atoms with Crippen LogP contribution in [0.2, 0.25) is 0 Å². The number of hydrogen-bond donors (Lipinski definition) is 3. The fraction of sp³-hybridized carbons (Fsp3) is 0.304. The molecule has 1 aliphatic heterocycles. The molecular weight excluding hydrogens is 415 g/mol. The summed E-state index contributed by atoms with van der Waals surface area (Å²) in [4.78, 5) is 19.9. The highest BCUT2D eigenvalue weighted by Crippen LogP contribution is 2.31. The molecule has 2 amide bonds. The standard InChI is InChI=1S/C23H25FN4O2S/c1-15(19-13-17(24)7-8-20(19)28-11-9-18(29)10-12-28)26-22(30)27-23-25-14-21(31-23)16-5-3-2-4-6-16/h2-8,13-15,18,29H,9-12H2,1H3,(H2,25,26,27,30). The van der Waals surface area contributed by atoms with Crippen LogP contribution in [0.25, 0.3) is 10.4 Å². The number of carbonyl (C=O) groups is 1. The van der Waals surface area contributed by atoms with E-state index < -0.39 is 12.1 Å². The Balaban J connectivity index is 1.43. The predicted octanol–water partition coefficient (Wildman–Crippen LogP) is 4.79. The summed E-state index contributed by atoms with van der Waals surface area (Å²) >= 11 is 1.39. The summed E-state index contributed by atoms with van der Waals surface area (Å²) < 4.78 is 14.0. The zero-order valence-corrected chi connectivity index (χ0v) is 18.0. The SMILES string of the molecule is CC(NC(=O)Nc1ncc(-c2ccccc2)s1)c1cc(F)ccc1N1CCC(O)CC1. The lowest BCUT2D eigenvalue weighted by atomic mass is 10.0. The van der Waals surface area contributed by atoms with Gasteiger partial charge in [0.25, 0.3) is 0 Å². The molecule has 1 unspecified atom stereocenters. The number of nitrogens with one attached hydrogen (secondary N) is 2. The lowest BCUT2D eigenvalue weighted by molar-refractivity contribution is 0.145. The first-order chi connectivity index (χ1) is 15.0. The second-order valence-corrected chi connectivity index (χ2v) is 8.67. The monoisotopic (exact) mass is 440 g/mol. The second-order valence-electron chi connectivity index (χ2n) is 7.64. The lowest BCUT2D eigenvalue weighted by Crippen LogP contribution is -2.37. The zero-order valence-electron chi connectivity index (χ0n) is 17.2. The molecule has 0 radical (unpaired) electrons. The Morgan fingerprint density at radius 1 is 1.23 bits per heavy atom. The van der Waals surface area contributed by atoms with Crippen molar-refractivity contribution in [2.45, 2.75) is 31.9 Å². The molecule has 0 aliphatic carbocycles. The van der Waals surface area contributed by atoms with Crippen molar-refractivity contribution in [3.05, 3.63) is 66.1 Å². The van der Waals surface area contributed by atoms with E-state index in [4.69, 9.17) is 0 Å². The molecule has 162 valence electrons. The first-order valence-corrected chi connectivity index (χ1v) is 11.1. The summed E-state index contributed by atoms with van der Waals surface area (Å²) in [6, 6.07) is 13.7. The minimum Gasteiger partial charge on any atom is -0.393 e. The summed E-state index contributed by atoms with van der Waals surface area (Å²) in [6.45, 7) is 3.22. The van der Waals surface area contributed by atoms with E-state index in [9.17, 15) is 14.3 Å². The largest absolute Gasteiger partial charge is 0.393 e. The number of thiazole rings is 1. The molecule has 1 saturated heterocycles. The summed E-state index contributed by atoms with van der Waals surface area (Å²) in [5, 5.41) is 15.9. The maximum Gasteiger partial charge on any atom is 0.321 e. The van der Waals surface area contributed by atoms with E-state index in [1.54, 1.807) is 12.3 Å². The molecule has 8 heteroatoms. The predicted molar refractivity (Wildman–Crippen MR) is 122 cm³/mol. The Kier molecular flexibility index (Phi) is 6.48. The van der Waals surface area contributed by atoms with Gasteiger partial charge in [-0.2, -0.15) is 0 Å². The molecule has 2 heterocycles. The molecule has 3 aromatic rings. The number of urea groups is 1. The van der Waals surface area contributed by atoms with E-state index in [-0.39, 0.29) is 11.9 Å². The molecule has 0 spiro atoms. The average Bonchev–Trinajstić information content (AvgIpc) is 3.23. The molecule has 6 nitrogen and oxygen atoms in total. The molecule has 1 aliphatic rings. The van der Waals surface area contributed by atoms with Gasteiger partial charge in [0.05, 0.1) is 17.0 Å². The number of halogens is 1. The van der Waals surface area contributed by atoms with Gasteiger partial charge in [-0.15, -0.1) is 0 Å². The number of piperidine rings is 1. The average molecular weight is 441 g/mol. The Hall–Kier alpha value is -2.97. The highest BCUT2D eigenvalue weighted by Gasteiger charge is 2.22. The number of aliphatic hydroxyl groups excluding tert-OH is 1. The third-order valence-corrected chi connectivity index (χ3v) is 6.36. The van der Waals surface area contributed by atoms with E-state index in [0.717, 1.165) is 16.1 Å². The Morgan fingerprint density at radius 3 is 2.71 bits per heavy atom. The van der Waals surface area contributed by atoms with Crippen LogP contribution < -0.4 is 15.5 Å². The Morgan fingerprint density at radius 2 is 1.97 bits per heavy atom. The quantitative estimate of drug-likeness (QED) is 0.533. The molecule has 31 heavy (non-hydrogen) atoms. The zero-order chi connectivity index (χ0) is 21.8. The summed E-state index contributed by atoms with van der Waals surface area (Å²) in [6.07, 6.45) is 2.79. The number of aliphatic hydroxyl groups is 1. The van der Waals surface area contributed by atoms with Gasteiger partial charge in [-0.05, 0) is 43.5 Å². The number of carbonyl (C=O) groups excluding carboxylic acids is 1. The minimum atomic E-state index is -0.411. The van der Waals surface area contributed by atoms with Crippen molar-refractivity contribution in [1.82, 2.24) is 10.3 Å². The van der Waals surface area contributed by atoms with Crippen molar-refractivity contribution < 1.29 is 14.3 Å². The van der Waals surface area contributed by atoms with Gasteiger partial charge in [0.1, 0.15) is 5.82 Å². The molecular formula is C23H25FN4O2S. The Bertz CT molecular complexity index is 1040. The van der Waals surface area contributed by atoms with Gasteiger partial charge >= 0.3 is 6.03 Å². The van der Waals surface area contributed by atoms with Crippen LogP contribution in [0, 0.1) is 5.82 Å². The van der Waals surface area contributed by atoms with Crippen LogP contribution in [0.15, 0.2) is 54.7 Å². The van der Waals surface area contributed by atoms with Crippen LogP contribution in [0.1, 0.15) is 31.4 Å². The van der Waals surface area contributed by atoms with Crippen molar-refractivity contribution in [2.75, 3.05) is 23.3 Å². The van der Waals surface area contributed by atoms with E-state index in [1.807, 2.05) is 37.3 Å². The number of hydrogen-bond acceptors (Lipinski definition) is 5. The summed E-state index contributed by atoms with van der Waals surface area (Å²) in [7, 11) is 0. The van der Waals surface area contributed by atoms with Crippen molar-refractivity contribution in [3.63, 3.8) is 0 Å². The number of nitrogens with zero attached hydrogens (tertiary/aromatic N) is 2. The molecule has 0 saturated carbocycles. The number of benzene rings is 2. The lowest BCUT2D eigenvalue weighted by Gasteiger charge is -2.34. The van der Waals surface area contributed by atoms with Gasteiger partial charge in [0, 0.05) is 30.5 Å². The fourth-order valence-electron chi connectivity index (χ4n) is 3.74. The van der Waals surface area contributed by atoms with Crippen LogP contribution in [-0.2, 0) is 0 Å². The summed E-state index contributed by atoms with van der Waals surface area (Å²) in [5.74, 6) is -0.350. The summed E-state index contributed by atoms with van der Waals surface area (Å²) in [5.41, 5.74) is 2.62. The molecule has 1 fully saturated rings. The first-order valence-electron chi connectivity index (χ1n) is 10.3. The second kappa shape index (κ2) is 9.45. The van der Waals surface area contributed by atoms with Crippen LogP contribution in [-0.4, -0.2) is 35.3 Å². The minimum absolute atomic E-state index is 0.291. The van der Waals surface area contributed by atoms with Gasteiger partial charge in [-0.1, -0.05) is 41.7 Å². The van der Waals surface area contributed by atoms with Crippen LogP contribution in [0.4, 0.5) is 20.0 Å². The number of rotatable bonds is 5. The van der Waals surface area contributed by atoms with Gasteiger partial charge in [0.2, 0.25) is 0 Å².